The first-order valence-electron chi connectivity index (χ1n) is 6.25. The van der Waals surface area contributed by atoms with Crippen molar-refractivity contribution in [2.24, 2.45) is 0 Å². The summed E-state index contributed by atoms with van der Waals surface area (Å²) in [5, 5.41) is 2.50. The summed E-state index contributed by atoms with van der Waals surface area (Å²) in [6.07, 6.45) is 1.71. The second kappa shape index (κ2) is 5.10. The topological polar surface area (TPSA) is 87.0 Å². The van der Waals surface area contributed by atoms with Gasteiger partial charge >= 0.3 is 0 Å². The molecule has 6 heteroatoms. The van der Waals surface area contributed by atoms with Gasteiger partial charge in [-0.15, -0.1) is 0 Å². The maximum atomic E-state index is 6.09. The molecule has 1 aromatic carbocycles. The Morgan fingerprint density at radius 1 is 1.14 bits per heavy atom. The monoisotopic (exact) mass is 300 g/mol. The normalized spacial score (nSPS) is 10.8. The molecule has 3 rings (SSSR count). The Morgan fingerprint density at radius 2 is 1.95 bits per heavy atom. The minimum absolute atomic E-state index is 0.270. The van der Waals surface area contributed by atoms with Gasteiger partial charge in [0.25, 0.3) is 0 Å². The number of nitrogen functional groups attached to an aromatic ring is 2. The van der Waals surface area contributed by atoms with Gasteiger partial charge in [0.1, 0.15) is 17.4 Å². The van der Waals surface area contributed by atoms with Crippen LogP contribution < -0.4 is 16.2 Å². The molecule has 0 saturated carbocycles. The van der Waals surface area contributed by atoms with Gasteiger partial charge in [0.05, 0.1) is 18.4 Å². The Hall–Kier alpha value is -2.53. The fourth-order valence-electron chi connectivity index (χ4n) is 2.30. The molecular weight excluding hydrogens is 288 g/mol. The molecule has 21 heavy (non-hydrogen) atoms. The number of pyridine rings is 2. The van der Waals surface area contributed by atoms with Gasteiger partial charge < -0.3 is 16.2 Å². The summed E-state index contributed by atoms with van der Waals surface area (Å²) < 4.78 is 5.37. The van der Waals surface area contributed by atoms with Crippen molar-refractivity contribution < 1.29 is 4.74 Å². The first-order valence-corrected chi connectivity index (χ1v) is 6.62. The summed E-state index contributed by atoms with van der Waals surface area (Å²) in [6, 6.07) is 9.12. The molecule has 0 aliphatic rings. The number of methoxy groups -OCH3 is 1. The third-order valence-corrected chi connectivity index (χ3v) is 3.45. The van der Waals surface area contributed by atoms with E-state index in [4.69, 9.17) is 27.8 Å². The van der Waals surface area contributed by atoms with Crippen molar-refractivity contribution in [3.8, 4) is 17.0 Å². The summed E-state index contributed by atoms with van der Waals surface area (Å²) in [6.45, 7) is 0. The second-order valence-corrected chi connectivity index (χ2v) is 4.97. The van der Waals surface area contributed by atoms with E-state index in [0.717, 1.165) is 10.8 Å². The third kappa shape index (κ3) is 2.32. The van der Waals surface area contributed by atoms with E-state index in [9.17, 15) is 0 Å². The lowest BCUT2D eigenvalue weighted by atomic mass is 10.0. The van der Waals surface area contributed by atoms with Crippen LogP contribution in [0.25, 0.3) is 22.0 Å². The molecule has 0 saturated heterocycles. The molecule has 0 atom stereocenters. The Bertz CT molecular complexity index is 835. The van der Waals surface area contributed by atoms with E-state index in [-0.39, 0.29) is 5.82 Å². The number of benzene rings is 1. The van der Waals surface area contributed by atoms with Crippen molar-refractivity contribution in [2.45, 2.75) is 0 Å². The minimum Gasteiger partial charge on any atom is -0.496 e. The van der Waals surface area contributed by atoms with Crippen molar-refractivity contribution in [1.82, 2.24) is 9.97 Å². The van der Waals surface area contributed by atoms with Crippen molar-refractivity contribution in [2.75, 3.05) is 18.6 Å². The number of ether oxygens (including phenoxy) is 1. The lowest BCUT2D eigenvalue weighted by Crippen LogP contribution is -2.02. The fraction of sp³-hybridized carbons (Fsp3) is 0.0667. The van der Waals surface area contributed by atoms with Gasteiger partial charge in [-0.2, -0.15) is 0 Å². The predicted octanol–water partition coefficient (Wildman–Crippen LogP) is 3.12. The minimum atomic E-state index is 0.270. The summed E-state index contributed by atoms with van der Waals surface area (Å²) in [7, 11) is 1.55. The molecular formula is C15H13ClN4O. The van der Waals surface area contributed by atoms with Gasteiger partial charge in [-0.25, -0.2) is 4.98 Å². The first kappa shape index (κ1) is 13.5. The first-order chi connectivity index (χ1) is 10.1. The number of fused-ring (bicyclic) bond motifs is 1. The zero-order valence-electron chi connectivity index (χ0n) is 11.3. The number of hydrogen-bond acceptors (Lipinski definition) is 5. The molecule has 0 radical (unpaired) electrons. The van der Waals surface area contributed by atoms with Crippen LogP contribution >= 0.6 is 11.6 Å². The number of anilines is 2. The van der Waals surface area contributed by atoms with E-state index < -0.39 is 0 Å². The number of halogens is 1. The van der Waals surface area contributed by atoms with Crippen LogP contribution in [0.1, 0.15) is 0 Å². The van der Waals surface area contributed by atoms with Gasteiger partial charge in [0, 0.05) is 22.7 Å². The van der Waals surface area contributed by atoms with E-state index in [2.05, 4.69) is 9.97 Å². The lowest BCUT2D eigenvalue weighted by Gasteiger charge is -2.13. The van der Waals surface area contributed by atoms with Crippen LogP contribution in [0.2, 0.25) is 5.02 Å². The SMILES string of the molecule is COc1cc(N)nc(N)c1-c1nccc2ccc(Cl)cc12. The molecule has 106 valence electrons. The molecule has 0 amide bonds. The molecule has 0 spiro atoms. The van der Waals surface area contributed by atoms with Crippen LogP contribution in [0.3, 0.4) is 0 Å². The van der Waals surface area contributed by atoms with Crippen molar-refractivity contribution in [1.29, 1.82) is 0 Å². The molecule has 0 aliphatic heterocycles. The third-order valence-electron chi connectivity index (χ3n) is 3.22. The van der Waals surface area contributed by atoms with Gasteiger partial charge in [0.2, 0.25) is 0 Å². The zero-order valence-corrected chi connectivity index (χ0v) is 12.1. The van der Waals surface area contributed by atoms with E-state index in [1.807, 2.05) is 24.3 Å². The zero-order chi connectivity index (χ0) is 15.0. The summed E-state index contributed by atoms with van der Waals surface area (Å²) in [5.41, 5.74) is 13.0. The molecule has 2 heterocycles. The van der Waals surface area contributed by atoms with Crippen molar-refractivity contribution in [3.05, 3.63) is 41.6 Å². The number of rotatable bonds is 2. The molecule has 0 bridgehead atoms. The van der Waals surface area contributed by atoms with Crippen LogP contribution in [-0.2, 0) is 0 Å². The highest BCUT2D eigenvalue weighted by molar-refractivity contribution is 6.31. The maximum Gasteiger partial charge on any atom is 0.139 e. The number of hydrogen-bond donors (Lipinski definition) is 2. The largest absolute Gasteiger partial charge is 0.496 e. The molecule has 2 aromatic heterocycles. The Balaban J connectivity index is 2.38. The quantitative estimate of drug-likeness (QED) is 0.759. The van der Waals surface area contributed by atoms with Crippen molar-refractivity contribution >= 4 is 34.0 Å². The molecule has 0 fully saturated rings. The molecule has 0 unspecified atom stereocenters. The van der Waals surface area contributed by atoms with Crippen LogP contribution in [0.5, 0.6) is 5.75 Å². The standard InChI is InChI=1S/C15H13ClN4O/c1-21-11-7-12(17)20-15(18)13(11)14-10-6-9(16)3-2-8(10)4-5-19-14/h2-7H,1H3,(H4,17,18,20). The maximum absolute atomic E-state index is 6.09. The Kier molecular flexibility index (Phi) is 3.27. The van der Waals surface area contributed by atoms with Crippen LogP contribution in [0, 0.1) is 0 Å². The average Bonchev–Trinajstić information content (AvgIpc) is 2.46. The van der Waals surface area contributed by atoms with E-state index in [1.165, 1.54) is 0 Å². The number of nitrogens with zero attached hydrogens (tertiary/aromatic N) is 2. The smallest absolute Gasteiger partial charge is 0.139 e. The summed E-state index contributed by atoms with van der Waals surface area (Å²) in [5.74, 6) is 1.10. The van der Waals surface area contributed by atoms with Crippen LogP contribution in [-0.4, -0.2) is 17.1 Å². The Labute approximate surface area is 126 Å². The van der Waals surface area contributed by atoms with E-state index >= 15 is 0 Å². The molecule has 3 aromatic rings. The lowest BCUT2D eigenvalue weighted by molar-refractivity contribution is 0.416. The van der Waals surface area contributed by atoms with E-state index in [1.54, 1.807) is 19.4 Å². The molecule has 5 nitrogen and oxygen atoms in total. The molecule has 4 N–H and O–H groups in total. The van der Waals surface area contributed by atoms with Gasteiger partial charge in [-0.1, -0.05) is 17.7 Å². The van der Waals surface area contributed by atoms with Gasteiger partial charge in [0.15, 0.2) is 0 Å². The summed E-state index contributed by atoms with van der Waals surface area (Å²) in [4.78, 5) is 8.51. The highest BCUT2D eigenvalue weighted by atomic mass is 35.5. The average molecular weight is 301 g/mol. The highest BCUT2D eigenvalue weighted by Crippen LogP contribution is 2.38. The van der Waals surface area contributed by atoms with Gasteiger partial charge in [-0.3, -0.25) is 4.98 Å². The number of aromatic nitrogens is 2. The predicted molar refractivity (Wildman–Crippen MR) is 85.4 cm³/mol. The van der Waals surface area contributed by atoms with E-state index in [0.29, 0.717) is 27.8 Å². The Morgan fingerprint density at radius 3 is 2.71 bits per heavy atom. The second-order valence-electron chi connectivity index (χ2n) is 4.53. The number of nitrogens with two attached hydrogens (primary N) is 2. The van der Waals surface area contributed by atoms with Crippen molar-refractivity contribution in [3.63, 3.8) is 0 Å². The fourth-order valence-corrected chi connectivity index (χ4v) is 2.47. The highest BCUT2D eigenvalue weighted by Gasteiger charge is 2.16. The summed E-state index contributed by atoms with van der Waals surface area (Å²) >= 11 is 6.09. The van der Waals surface area contributed by atoms with Crippen LogP contribution in [0.15, 0.2) is 36.5 Å². The van der Waals surface area contributed by atoms with Gasteiger partial charge in [-0.05, 0) is 23.6 Å². The molecule has 0 aliphatic carbocycles. The van der Waals surface area contributed by atoms with Crippen LogP contribution in [0.4, 0.5) is 11.6 Å².